The Morgan fingerprint density at radius 2 is 1.96 bits per heavy atom. The van der Waals surface area contributed by atoms with Gasteiger partial charge in [0.05, 0.1) is 11.7 Å². The first-order valence-corrected chi connectivity index (χ1v) is 8.80. The number of aromatic nitrogens is 3. The minimum atomic E-state index is 0.119. The molecule has 0 saturated carbocycles. The number of hydrogen-bond donors (Lipinski definition) is 2. The topological polar surface area (TPSA) is 70.8 Å². The van der Waals surface area contributed by atoms with Crippen molar-refractivity contribution in [3.63, 3.8) is 0 Å². The number of aryl methyl sites for hydroxylation is 1. The molecule has 2 aromatic heterocycles. The van der Waals surface area contributed by atoms with Gasteiger partial charge in [0.2, 0.25) is 5.95 Å². The first-order valence-electron chi connectivity index (χ1n) is 8.04. The van der Waals surface area contributed by atoms with E-state index in [0.29, 0.717) is 21.7 Å². The van der Waals surface area contributed by atoms with E-state index in [0.717, 1.165) is 29.8 Å². The van der Waals surface area contributed by atoms with Crippen molar-refractivity contribution in [1.82, 2.24) is 15.0 Å². The summed E-state index contributed by atoms with van der Waals surface area (Å²) in [6.07, 6.45) is 0.982. The van der Waals surface area contributed by atoms with E-state index < -0.39 is 0 Å². The lowest BCUT2D eigenvalue weighted by Crippen LogP contribution is -2.42. The van der Waals surface area contributed by atoms with Gasteiger partial charge in [0, 0.05) is 17.8 Å². The van der Waals surface area contributed by atoms with Crippen LogP contribution in [0.3, 0.4) is 0 Å². The number of rotatable bonds is 3. The fraction of sp³-hybridized carbons (Fsp3) is 0.222. The number of nitrogens with zero attached hydrogens (tertiary/aromatic N) is 3. The van der Waals surface area contributed by atoms with Crippen LogP contribution in [0.2, 0.25) is 10.2 Å². The highest BCUT2D eigenvalue weighted by Crippen LogP contribution is 2.44. The standard InChI is InChI=1S/C18H17Cl2N5/c1-10-15(20)17(24-18(21)22-10)25-8-7-13(25)16-12(9-14(19)23-16)11-5-3-2-4-6-11/h2-6,9,13,23H,7-8H2,1H3,(H2,21,22,24)/t13-/m0/s1. The van der Waals surface area contributed by atoms with Crippen LogP contribution in [-0.4, -0.2) is 21.5 Å². The van der Waals surface area contributed by atoms with Crippen LogP contribution in [0.1, 0.15) is 23.9 Å². The summed E-state index contributed by atoms with van der Waals surface area (Å²) in [5.41, 5.74) is 9.78. The second kappa shape index (κ2) is 6.24. The first kappa shape index (κ1) is 16.2. The molecule has 0 aliphatic carbocycles. The zero-order valence-corrected chi connectivity index (χ0v) is 15.1. The van der Waals surface area contributed by atoms with E-state index in [9.17, 15) is 0 Å². The average molecular weight is 374 g/mol. The lowest BCUT2D eigenvalue weighted by Gasteiger charge is -2.42. The highest BCUT2D eigenvalue weighted by molar-refractivity contribution is 6.33. The normalized spacial score (nSPS) is 16.8. The van der Waals surface area contributed by atoms with Gasteiger partial charge < -0.3 is 15.6 Å². The highest BCUT2D eigenvalue weighted by atomic mass is 35.5. The minimum absolute atomic E-state index is 0.119. The lowest BCUT2D eigenvalue weighted by atomic mass is 9.94. The zero-order valence-electron chi connectivity index (χ0n) is 13.6. The molecule has 0 spiro atoms. The predicted molar refractivity (Wildman–Crippen MR) is 102 cm³/mol. The molecule has 0 bridgehead atoms. The maximum Gasteiger partial charge on any atom is 0.222 e. The predicted octanol–water partition coefficient (Wildman–Crippen LogP) is 4.62. The summed E-state index contributed by atoms with van der Waals surface area (Å²) in [5, 5.41) is 1.16. The Balaban J connectivity index is 1.75. The summed E-state index contributed by atoms with van der Waals surface area (Å²) < 4.78 is 0. The first-order chi connectivity index (χ1) is 12.0. The van der Waals surface area contributed by atoms with Crippen molar-refractivity contribution in [2.45, 2.75) is 19.4 Å². The number of nitrogen functional groups attached to an aromatic ring is 1. The number of anilines is 2. The molecule has 0 radical (unpaired) electrons. The van der Waals surface area contributed by atoms with E-state index in [1.165, 1.54) is 0 Å². The fourth-order valence-electron chi connectivity index (χ4n) is 3.25. The number of halogens is 2. The maximum absolute atomic E-state index is 6.43. The largest absolute Gasteiger partial charge is 0.368 e. The Hall–Kier alpha value is -2.24. The van der Waals surface area contributed by atoms with E-state index in [1.807, 2.05) is 31.2 Å². The molecule has 5 nitrogen and oxygen atoms in total. The average Bonchev–Trinajstić information content (AvgIpc) is 2.93. The molecule has 1 aliphatic rings. The molecule has 1 aromatic carbocycles. The summed E-state index contributed by atoms with van der Waals surface area (Å²) in [7, 11) is 0. The molecule has 25 heavy (non-hydrogen) atoms. The number of hydrogen-bond acceptors (Lipinski definition) is 4. The van der Waals surface area contributed by atoms with Crippen molar-refractivity contribution >= 4 is 35.0 Å². The van der Waals surface area contributed by atoms with Crippen LogP contribution in [-0.2, 0) is 0 Å². The molecule has 1 fully saturated rings. The Labute approximate surface area is 155 Å². The van der Waals surface area contributed by atoms with Crippen molar-refractivity contribution in [3.05, 3.63) is 58.0 Å². The van der Waals surface area contributed by atoms with E-state index in [4.69, 9.17) is 28.9 Å². The quantitative estimate of drug-likeness (QED) is 0.702. The molecule has 3 N–H and O–H groups in total. The lowest BCUT2D eigenvalue weighted by molar-refractivity contribution is 0.453. The van der Waals surface area contributed by atoms with Gasteiger partial charge >= 0.3 is 0 Å². The summed E-state index contributed by atoms with van der Waals surface area (Å²) >= 11 is 12.7. The third-order valence-electron chi connectivity index (χ3n) is 4.54. The molecule has 1 saturated heterocycles. The van der Waals surface area contributed by atoms with Crippen molar-refractivity contribution in [3.8, 4) is 11.1 Å². The zero-order chi connectivity index (χ0) is 17.6. The third-order valence-corrected chi connectivity index (χ3v) is 5.19. The summed E-state index contributed by atoms with van der Waals surface area (Å²) in [4.78, 5) is 13.9. The van der Waals surface area contributed by atoms with E-state index in [2.05, 4.69) is 32.0 Å². The molecule has 0 amide bonds. The van der Waals surface area contributed by atoms with Crippen LogP contribution in [0.15, 0.2) is 36.4 Å². The number of benzene rings is 1. The Morgan fingerprint density at radius 1 is 1.20 bits per heavy atom. The van der Waals surface area contributed by atoms with Gasteiger partial charge in [-0.05, 0) is 25.0 Å². The monoisotopic (exact) mass is 373 g/mol. The van der Waals surface area contributed by atoms with Gasteiger partial charge in [-0.2, -0.15) is 4.98 Å². The van der Waals surface area contributed by atoms with Crippen molar-refractivity contribution in [1.29, 1.82) is 0 Å². The van der Waals surface area contributed by atoms with Crippen LogP contribution < -0.4 is 10.6 Å². The van der Waals surface area contributed by atoms with E-state index in [-0.39, 0.29) is 12.0 Å². The van der Waals surface area contributed by atoms with E-state index >= 15 is 0 Å². The van der Waals surface area contributed by atoms with Gasteiger partial charge in [0.15, 0.2) is 5.82 Å². The van der Waals surface area contributed by atoms with Crippen LogP contribution in [0, 0.1) is 6.92 Å². The maximum atomic E-state index is 6.43. The van der Waals surface area contributed by atoms with Gasteiger partial charge in [-0.1, -0.05) is 53.5 Å². The molecule has 128 valence electrons. The third kappa shape index (κ3) is 2.83. The SMILES string of the molecule is Cc1nc(N)nc(N2CC[C@H]2c2[nH]c(Cl)cc2-c2ccccc2)c1Cl. The van der Waals surface area contributed by atoms with E-state index in [1.54, 1.807) is 0 Å². The second-order valence-electron chi connectivity index (χ2n) is 6.11. The highest BCUT2D eigenvalue weighted by Gasteiger charge is 2.35. The van der Waals surface area contributed by atoms with Gasteiger partial charge in [-0.15, -0.1) is 0 Å². The summed E-state index contributed by atoms with van der Waals surface area (Å²) in [5.74, 6) is 0.906. The number of nitrogens with two attached hydrogens (primary N) is 1. The molecular weight excluding hydrogens is 357 g/mol. The molecule has 1 aliphatic heterocycles. The minimum Gasteiger partial charge on any atom is -0.368 e. The van der Waals surface area contributed by atoms with Crippen LogP contribution in [0.25, 0.3) is 11.1 Å². The Bertz CT molecular complexity index is 923. The molecule has 3 aromatic rings. The second-order valence-corrected chi connectivity index (χ2v) is 6.90. The number of nitrogens with one attached hydrogen (secondary N) is 1. The van der Waals surface area contributed by atoms with Crippen LogP contribution in [0.4, 0.5) is 11.8 Å². The van der Waals surface area contributed by atoms with Crippen molar-refractivity contribution in [2.75, 3.05) is 17.2 Å². The van der Waals surface area contributed by atoms with Gasteiger partial charge in [-0.25, -0.2) is 4.98 Å². The van der Waals surface area contributed by atoms with Gasteiger partial charge in [0.1, 0.15) is 10.2 Å². The van der Waals surface area contributed by atoms with Crippen molar-refractivity contribution < 1.29 is 0 Å². The fourth-order valence-corrected chi connectivity index (χ4v) is 3.66. The molecule has 1 atom stereocenters. The number of aromatic amines is 1. The molecule has 3 heterocycles. The molecule has 4 rings (SSSR count). The number of H-pyrrole nitrogens is 1. The smallest absolute Gasteiger partial charge is 0.222 e. The van der Waals surface area contributed by atoms with Crippen LogP contribution >= 0.6 is 23.2 Å². The van der Waals surface area contributed by atoms with Gasteiger partial charge in [-0.3, -0.25) is 0 Å². The molecule has 0 unspecified atom stereocenters. The van der Waals surface area contributed by atoms with Crippen LogP contribution in [0.5, 0.6) is 0 Å². The molecular formula is C18H17Cl2N5. The van der Waals surface area contributed by atoms with Gasteiger partial charge in [0.25, 0.3) is 0 Å². The Morgan fingerprint density at radius 3 is 2.64 bits per heavy atom. The summed E-state index contributed by atoms with van der Waals surface area (Å²) in [6, 6.07) is 12.3. The Kier molecular flexibility index (Phi) is 4.06. The summed E-state index contributed by atoms with van der Waals surface area (Å²) in [6.45, 7) is 2.69. The van der Waals surface area contributed by atoms with Crippen molar-refractivity contribution in [2.24, 2.45) is 0 Å². The molecule has 7 heteroatoms.